The fourth-order valence-corrected chi connectivity index (χ4v) is 5.89. The van der Waals surface area contributed by atoms with Gasteiger partial charge in [0, 0.05) is 19.6 Å². The van der Waals surface area contributed by atoms with Crippen molar-refractivity contribution in [1.29, 1.82) is 0 Å². The number of phenols is 1. The lowest BCUT2D eigenvalue weighted by Gasteiger charge is -2.35. The van der Waals surface area contributed by atoms with Crippen molar-refractivity contribution in [3.8, 4) is 5.75 Å². The number of carbonyl (C=O) groups is 4. The Labute approximate surface area is 277 Å². The third kappa shape index (κ3) is 10.1. The Hall–Kier alpha value is -4.22. The molecule has 11 nitrogen and oxygen atoms in total. The summed E-state index contributed by atoms with van der Waals surface area (Å²) in [7, 11) is 0. The van der Waals surface area contributed by atoms with E-state index in [0.717, 1.165) is 11.1 Å². The smallest absolute Gasteiger partial charge is 0.325 e. The van der Waals surface area contributed by atoms with Crippen molar-refractivity contribution in [2.45, 2.75) is 90.6 Å². The highest BCUT2D eigenvalue weighted by Crippen LogP contribution is 2.19. The number of aromatic hydroxyl groups is 1. The number of rotatable bonds is 5. The van der Waals surface area contributed by atoms with Crippen LogP contribution in [-0.2, 0) is 41.7 Å². The number of cyclic esters (lactones) is 1. The Bertz CT molecular complexity index is 1430. The quantitative estimate of drug-likeness (QED) is 0.360. The van der Waals surface area contributed by atoms with Crippen molar-refractivity contribution in [2.24, 2.45) is 11.8 Å². The van der Waals surface area contributed by atoms with Crippen LogP contribution >= 0.6 is 0 Å². The average molecular weight is 649 g/mol. The van der Waals surface area contributed by atoms with Gasteiger partial charge in [0.05, 0.1) is 12.0 Å². The van der Waals surface area contributed by atoms with E-state index in [2.05, 4.69) is 16.1 Å². The fourth-order valence-electron chi connectivity index (χ4n) is 5.89. The van der Waals surface area contributed by atoms with Gasteiger partial charge in [-0.25, -0.2) is 5.43 Å². The van der Waals surface area contributed by atoms with E-state index in [1.165, 1.54) is 17.1 Å². The number of amides is 3. The van der Waals surface area contributed by atoms with E-state index in [9.17, 15) is 24.3 Å². The SMILES string of the molecule is CCOC1CCC=Cc2cccc(c2)COC(=O)C2CCCN(N2)C(=O)C(Cc2cccc(O)c2)NC(=O)C(C(C)C)NC(=O)C1C. The molecule has 2 aromatic carbocycles. The number of benzene rings is 2. The highest BCUT2D eigenvalue weighted by atomic mass is 16.5. The van der Waals surface area contributed by atoms with Gasteiger partial charge >= 0.3 is 5.97 Å². The maximum atomic E-state index is 14.0. The molecule has 1 fully saturated rings. The first-order valence-corrected chi connectivity index (χ1v) is 16.6. The molecule has 4 rings (SSSR count). The monoisotopic (exact) mass is 648 g/mol. The summed E-state index contributed by atoms with van der Waals surface area (Å²) in [5.41, 5.74) is 5.43. The minimum Gasteiger partial charge on any atom is -0.508 e. The molecule has 11 heteroatoms. The van der Waals surface area contributed by atoms with Crippen molar-refractivity contribution in [3.63, 3.8) is 0 Å². The lowest BCUT2D eigenvalue weighted by Crippen LogP contribution is -2.62. The normalized spacial score (nSPS) is 25.3. The van der Waals surface area contributed by atoms with Crippen LogP contribution in [0.3, 0.4) is 0 Å². The molecule has 2 aliphatic heterocycles. The summed E-state index contributed by atoms with van der Waals surface area (Å²) in [4.78, 5) is 54.4. The van der Waals surface area contributed by atoms with Crippen LogP contribution in [0.5, 0.6) is 5.75 Å². The van der Waals surface area contributed by atoms with Crippen molar-refractivity contribution in [1.82, 2.24) is 21.1 Å². The van der Waals surface area contributed by atoms with E-state index >= 15 is 0 Å². The number of nitrogens with zero attached hydrogens (tertiary/aromatic N) is 1. The summed E-state index contributed by atoms with van der Waals surface area (Å²) in [6.07, 6.45) is 6.02. The summed E-state index contributed by atoms with van der Waals surface area (Å²) in [6, 6.07) is 11.5. The van der Waals surface area contributed by atoms with Gasteiger partial charge < -0.3 is 25.2 Å². The Kier molecular flexibility index (Phi) is 12.9. The molecule has 5 atom stereocenters. The molecule has 5 unspecified atom stereocenters. The minimum atomic E-state index is -1.05. The van der Waals surface area contributed by atoms with Crippen LogP contribution in [0.2, 0.25) is 0 Å². The molecule has 2 aromatic rings. The molecular weight excluding hydrogens is 600 g/mol. The zero-order valence-electron chi connectivity index (χ0n) is 27.7. The van der Waals surface area contributed by atoms with E-state index in [-0.39, 0.29) is 36.7 Å². The summed E-state index contributed by atoms with van der Waals surface area (Å²) in [6.45, 7) is 8.17. The number of ether oxygens (including phenoxy) is 2. The number of fused-ring (bicyclic) bond motifs is 4. The number of esters is 1. The van der Waals surface area contributed by atoms with E-state index in [0.29, 0.717) is 44.4 Å². The largest absolute Gasteiger partial charge is 0.508 e. The van der Waals surface area contributed by atoms with Gasteiger partial charge in [0.15, 0.2) is 0 Å². The second kappa shape index (κ2) is 17.1. The molecule has 2 aliphatic rings. The highest BCUT2D eigenvalue weighted by molar-refractivity contribution is 5.93. The Morgan fingerprint density at radius 3 is 2.55 bits per heavy atom. The van der Waals surface area contributed by atoms with Crippen LogP contribution in [0.25, 0.3) is 6.08 Å². The van der Waals surface area contributed by atoms with Gasteiger partial charge in [-0.05, 0) is 73.4 Å². The van der Waals surface area contributed by atoms with Crippen LogP contribution in [0, 0.1) is 11.8 Å². The van der Waals surface area contributed by atoms with Gasteiger partial charge in [0.1, 0.15) is 30.5 Å². The van der Waals surface area contributed by atoms with E-state index in [1.54, 1.807) is 19.1 Å². The highest BCUT2D eigenvalue weighted by Gasteiger charge is 2.36. The molecule has 3 amide bonds. The molecule has 0 aliphatic carbocycles. The van der Waals surface area contributed by atoms with Gasteiger partial charge in [0.25, 0.3) is 5.91 Å². The van der Waals surface area contributed by atoms with E-state index in [1.807, 2.05) is 57.2 Å². The summed E-state index contributed by atoms with van der Waals surface area (Å²) in [5.74, 6) is -2.53. The molecule has 0 saturated carbocycles. The molecule has 4 N–H and O–H groups in total. The molecule has 4 bridgehead atoms. The lowest BCUT2D eigenvalue weighted by atomic mass is 9.96. The first-order valence-electron chi connectivity index (χ1n) is 16.6. The topological polar surface area (TPSA) is 146 Å². The van der Waals surface area contributed by atoms with Gasteiger partial charge in [-0.15, -0.1) is 0 Å². The van der Waals surface area contributed by atoms with Crippen molar-refractivity contribution in [2.75, 3.05) is 13.2 Å². The standard InChI is InChI=1S/C36H48N4O7/c1-5-46-31-17-7-6-11-25-12-8-14-27(19-25)22-47-36(45)29-16-10-18-40(39-29)35(44)30(21-26-13-9-15-28(41)20-26)37-34(43)32(23(2)3)38-33(42)24(31)4/h6,8-9,11-15,19-20,23-24,29-32,39,41H,5,7,10,16-18,21-22H2,1-4H3,(H,37,43)(H,38,42). The number of hydrazine groups is 1. The van der Waals surface area contributed by atoms with Crippen molar-refractivity contribution in [3.05, 3.63) is 71.3 Å². The predicted octanol–water partition coefficient (Wildman–Crippen LogP) is 3.65. The number of hydrogen-bond acceptors (Lipinski definition) is 8. The summed E-state index contributed by atoms with van der Waals surface area (Å²) < 4.78 is 11.6. The number of nitrogens with one attached hydrogen (secondary N) is 3. The summed E-state index contributed by atoms with van der Waals surface area (Å²) >= 11 is 0. The van der Waals surface area contributed by atoms with E-state index in [4.69, 9.17) is 9.47 Å². The van der Waals surface area contributed by atoms with Crippen LogP contribution in [0.15, 0.2) is 54.6 Å². The van der Waals surface area contributed by atoms with Gasteiger partial charge in [-0.3, -0.25) is 24.2 Å². The average Bonchev–Trinajstić information content (AvgIpc) is 3.06. The van der Waals surface area contributed by atoms with Crippen molar-refractivity contribution >= 4 is 29.8 Å². The first-order chi connectivity index (χ1) is 22.5. The molecule has 0 spiro atoms. The maximum absolute atomic E-state index is 14.0. The number of allylic oxidation sites excluding steroid dienone is 1. The maximum Gasteiger partial charge on any atom is 0.325 e. The van der Waals surface area contributed by atoms with Crippen LogP contribution in [-0.4, -0.2) is 71.2 Å². The van der Waals surface area contributed by atoms with Gasteiger partial charge in [-0.2, -0.15) is 0 Å². The van der Waals surface area contributed by atoms with Crippen molar-refractivity contribution < 1.29 is 33.8 Å². The molecule has 47 heavy (non-hydrogen) atoms. The Morgan fingerprint density at radius 2 is 1.81 bits per heavy atom. The minimum absolute atomic E-state index is 0.0322. The van der Waals surface area contributed by atoms with Crippen LogP contribution < -0.4 is 16.1 Å². The number of phenolic OH excluding ortho intramolecular Hbond substituents is 1. The van der Waals surface area contributed by atoms with Crippen LogP contribution in [0.4, 0.5) is 0 Å². The Morgan fingerprint density at radius 1 is 1.02 bits per heavy atom. The molecule has 254 valence electrons. The fraction of sp³-hybridized carbons (Fsp3) is 0.500. The molecule has 2 heterocycles. The molecule has 0 aromatic heterocycles. The Balaban J connectivity index is 1.65. The number of hydrogen-bond donors (Lipinski definition) is 4. The third-order valence-corrected chi connectivity index (χ3v) is 8.56. The van der Waals surface area contributed by atoms with E-state index < -0.39 is 41.8 Å². The second-order valence-corrected chi connectivity index (χ2v) is 12.6. The lowest BCUT2D eigenvalue weighted by molar-refractivity contribution is -0.154. The molecule has 0 radical (unpaired) electrons. The third-order valence-electron chi connectivity index (χ3n) is 8.56. The zero-order chi connectivity index (χ0) is 33.9. The first kappa shape index (κ1) is 35.6. The molecule has 1 saturated heterocycles. The van der Waals surface area contributed by atoms with Gasteiger partial charge in [0.2, 0.25) is 11.8 Å². The van der Waals surface area contributed by atoms with Crippen LogP contribution in [0.1, 0.15) is 70.1 Å². The predicted molar refractivity (Wildman–Crippen MR) is 177 cm³/mol. The zero-order valence-corrected chi connectivity index (χ0v) is 27.7. The number of carbonyl (C=O) groups excluding carboxylic acids is 4. The van der Waals surface area contributed by atoms with Gasteiger partial charge in [-0.1, -0.05) is 63.3 Å². The second-order valence-electron chi connectivity index (χ2n) is 12.6. The summed E-state index contributed by atoms with van der Waals surface area (Å²) in [5, 5.41) is 17.2. The molecular formula is C36H48N4O7.